The molecule has 0 saturated carbocycles. The van der Waals surface area contributed by atoms with E-state index in [-0.39, 0.29) is 0 Å². The first-order valence-corrected chi connectivity index (χ1v) is 18.9. The number of benzene rings is 2. The zero-order chi connectivity index (χ0) is 23.0. The summed E-state index contributed by atoms with van der Waals surface area (Å²) in [6.07, 6.45) is 22.2. The summed E-state index contributed by atoms with van der Waals surface area (Å²) >= 11 is 3.02. The molecule has 0 heterocycles. The van der Waals surface area contributed by atoms with Gasteiger partial charge in [-0.15, -0.1) is 0 Å². The van der Waals surface area contributed by atoms with Crippen molar-refractivity contribution in [2.75, 3.05) is 12.3 Å². The zero-order valence-electron chi connectivity index (χ0n) is 20.9. The number of rotatable bonds is 18. The predicted molar refractivity (Wildman–Crippen MR) is 159 cm³/mol. The second kappa shape index (κ2) is 15.5. The molecular formula is C30H48IP. The minimum absolute atomic E-state index is 1.34. The van der Waals surface area contributed by atoms with Crippen LogP contribution in [-0.4, -0.2) is 12.3 Å². The molecule has 2 heteroatoms. The number of hydrogen-bond acceptors (Lipinski definition) is 0. The Kier molecular flexibility index (Phi) is 13.5. The molecular weight excluding hydrogens is 518 g/mol. The van der Waals surface area contributed by atoms with Gasteiger partial charge in [-0.3, -0.25) is 0 Å². The van der Waals surface area contributed by atoms with Crippen molar-refractivity contribution >= 4 is 36.9 Å². The average molecular weight is 567 g/mol. The average Bonchev–Trinajstić information content (AvgIpc) is 2.84. The van der Waals surface area contributed by atoms with Gasteiger partial charge in [0, 0.05) is 0 Å². The second-order valence-electron chi connectivity index (χ2n) is 9.74. The molecule has 0 nitrogen and oxygen atoms in total. The first-order chi connectivity index (χ1) is 15.6. The van der Waals surface area contributed by atoms with E-state index in [1.165, 1.54) is 102 Å². The van der Waals surface area contributed by atoms with Gasteiger partial charge in [0.25, 0.3) is 0 Å². The summed E-state index contributed by atoms with van der Waals surface area (Å²) in [5.41, 5.74) is 0. The zero-order valence-corrected chi connectivity index (χ0v) is 24.0. The Morgan fingerprint density at radius 1 is 0.469 bits per heavy atom. The van der Waals surface area contributed by atoms with E-state index in [9.17, 15) is 0 Å². The Morgan fingerprint density at radius 2 is 0.781 bits per heavy atom. The molecule has 0 aromatic heterocycles. The fraction of sp³-hybridized carbons (Fsp3) is 0.600. The quantitative estimate of drug-likeness (QED) is 0.0957. The van der Waals surface area contributed by atoms with E-state index >= 15 is 0 Å². The topological polar surface area (TPSA) is 0 Å². The van der Waals surface area contributed by atoms with Crippen molar-refractivity contribution in [2.45, 2.75) is 104 Å². The van der Waals surface area contributed by atoms with Gasteiger partial charge in [0.05, 0.1) is 0 Å². The van der Waals surface area contributed by atoms with E-state index in [4.69, 9.17) is 0 Å². The van der Waals surface area contributed by atoms with Crippen LogP contribution in [0.25, 0.3) is 0 Å². The van der Waals surface area contributed by atoms with Crippen LogP contribution in [0.3, 0.4) is 0 Å². The molecule has 0 radical (unpaired) electrons. The molecule has 0 fully saturated rings. The third-order valence-corrected chi connectivity index (χ3v) is 18.8. The molecule has 0 aliphatic rings. The van der Waals surface area contributed by atoms with Crippen LogP contribution in [0.1, 0.15) is 104 Å². The van der Waals surface area contributed by atoms with Crippen molar-refractivity contribution in [1.82, 2.24) is 0 Å². The van der Waals surface area contributed by atoms with Crippen LogP contribution in [-0.2, 0) is 0 Å². The van der Waals surface area contributed by atoms with Crippen LogP contribution in [0.2, 0.25) is 0 Å². The Hall–Kier alpha value is -0.400. The molecule has 0 aliphatic carbocycles. The number of halogens is 1. The Balaban J connectivity index is 2.16. The van der Waals surface area contributed by atoms with Crippen molar-refractivity contribution in [3.8, 4) is 0 Å². The summed E-state index contributed by atoms with van der Waals surface area (Å²) in [5, 5.41) is 3.25. The van der Waals surface area contributed by atoms with Gasteiger partial charge in [-0.05, 0) is 0 Å². The standard InChI is InChI=1S/C30H48IP/c1-3-5-7-9-11-13-21-27-32(31,29-23-17-15-18-24-29,30-25-19-16-20-26-30)28-22-14-12-10-8-6-4-2/h15-20,23-26H,3-14,21-22,27-28H2,1-2H3. The molecule has 0 saturated heterocycles. The van der Waals surface area contributed by atoms with Gasteiger partial charge in [-0.1, -0.05) is 0 Å². The molecule has 0 bridgehead atoms. The fourth-order valence-electron chi connectivity index (χ4n) is 5.11. The molecule has 2 aromatic carbocycles. The molecule has 0 atom stereocenters. The van der Waals surface area contributed by atoms with E-state index in [1.807, 2.05) is 0 Å². The van der Waals surface area contributed by atoms with Crippen LogP contribution >= 0.6 is 26.3 Å². The Morgan fingerprint density at radius 3 is 1.12 bits per heavy atom. The van der Waals surface area contributed by atoms with E-state index in [2.05, 4.69) is 96.6 Å². The predicted octanol–water partition coefficient (Wildman–Crippen LogP) is 10.0. The van der Waals surface area contributed by atoms with E-state index in [1.54, 1.807) is 10.6 Å². The molecule has 2 aromatic rings. The van der Waals surface area contributed by atoms with Crippen molar-refractivity contribution in [2.24, 2.45) is 0 Å². The maximum atomic E-state index is 3.02. The van der Waals surface area contributed by atoms with Gasteiger partial charge in [0.15, 0.2) is 0 Å². The van der Waals surface area contributed by atoms with E-state index in [0.29, 0.717) is 0 Å². The van der Waals surface area contributed by atoms with E-state index in [0.717, 1.165) is 0 Å². The van der Waals surface area contributed by atoms with Crippen LogP contribution in [0, 0.1) is 0 Å². The van der Waals surface area contributed by atoms with Gasteiger partial charge in [-0.25, -0.2) is 0 Å². The van der Waals surface area contributed by atoms with Crippen LogP contribution in [0.5, 0.6) is 0 Å². The molecule has 0 amide bonds. The van der Waals surface area contributed by atoms with E-state index < -0.39 is 4.25 Å². The van der Waals surface area contributed by atoms with Crippen molar-refractivity contribution in [3.05, 3.63) is 60.7 Å². The molecule has 0 unspecified atom stereocenters. The second-order valence-corrected chi connectivity index (χ2v) is 21.4. The number of unbranched alkanes of at least 4 members (excludes halogenated alkanes) is 12. The van der Waals surface area contributed by atoms with Crippen molar-refractivity contribution < 1.29 is 0 Å². The molecule has 0 N–H and O–H groups in total. The van der Waals surface area contributed by atoms with Gasteiger partial charge >= 0.3 is 214 Å². The molecule has 32 heavy (non-hydrogen) atoms. The molecule has 0 spiro atoms. The SMILES string of the molecule is CCCCCCCCCP(I)(CCCCCCCCC)(c1ccccc1)c1ccccc1. The van der Waals surface area contributed by atoms with Crippen molar-refractivity contribution in [3.63, 3.8) is 0 Å². The van der Waals surface area contributed by atoms with Gasteiger partial charge in [-0.2, -0.15) is 0 Å². The summed E-state index contributed by atoms with van der Waals surface area (Å²) in [7, 11) is 0. The normalized spacial score (nSPS) is 13.0. The molecule has 0 aliphatic heterocycles. The maximum absolute atomic E-state index is 3.02. The minimum atomic E-state index is -2.24. The summed E-state index contributed by atoms with van der Waals surface area (Å²) in [6.45, 7) is 4.62. The monoisotopic (exact) mass is 566 g/mol. The van der Waals surface area contributed by atoms with Crippen LogP contribution < -0.4 is 10.6 Å². The molecule has 180 valence electrons. The number of hydrogen-bond donors (Lipinski definition) is 0. The first kappa shape index (κ1) is 27.8. The van der Waals surface area contributed by atoms with Gasteiger partial charge in [0.2, 0.25) is 0 Å². The summed E-state index contributed by atoms with van der Waals surface area (Å²) in [5.74, 6) is 0. The summed E-state index contributed by atoms with van der Waals surface area (Å²) in [6, 6.07) is 23.2. The Bertz CT molecular complexity index is 651. The fourth-order valence-corrected chi connectivity index (χ4v) is 14.1. The van der Waals surface area contributed by atoms with Crippen LogP contribution in [0.4, 0.5) is 0 Å². The third-order valence-electron chi connectivity index (χ3n) is 7.15. The molecule has 2 rings (SSSR count). The van der Waals surface area contributed by atoms with Gasteiger partial charge in [0.1, 0.15) is 0 Å². The third kappa shape index (κ3) is 8.43. The summed E-state index contributed by atoms with van der Waals surface area (Å²) in [4.78, 5) is 0. The Labute approximate surface area is 212 Å². The first-order valence-electron chi connectivity index (χ1n) is 13.5. The van der Waals surface area contributed by atoms with Gasteiger partial charge < -0.3 is 0 Å². The van der Waals surface area contributed by atoms with Crippen LogP contribution in [0.15, 0.2) is 60.7 Å². The summed E-state index contributed by atoms with van der Waals surface area (Å²) < 4.78 is -2.24. The van der Waals surface area contributed by atoms with Crippen molar-refractivity contribution in [1.29, 1.82) is 0 Å².